The van der Waals surface area contributed by atoms with Gasteiger partial charge in [0.05, 0.1) is 12.1 Å². The molecule has 0 radical (unpaired) electrons. The predicted octanol–water partition coefficient (Wildman–Crippen LogP) is 4.33. The number of halogens is 2. The number of methoxy groups -OCH3 is 1. The van der Waals surface area contributed by atoms with E-state index in [0.29, 0.717) is 22.9 Å². The first kappa shape index (κ1) is 16.9. The van der Waals surface area contributed by atoms with Crippen LogP contribution in [0.4, 0.5) is 14.9 Å². The number of carbonyl (C=O) groups is 1. The third-order valence-corrected chi connectivity index (χ3v) is 5.25. The molecule has 0 saturated carbocycles. The third-order valence-electron chi connectivity index (χ3n) is 3.67. The Hall–Kier alpha value is -1.92. The van der Waals surface area contributed by atoms with Gasteiger partial charge in [-0.2, -0.15) is 0 Å². The normalized spacial score (nSPS) is 16.2. The van der Waals surface area contributed by atoms with Gasteiger partial charge < -0.3 is 15.4 Å². The molecule has 2 aromatic rings. The van der Waals surface area contributed by atoms with Gasteiger partial charge in [0, 0.05) is 22.4 Å². The van der Waals surface area contributed by atoms with Crippen molar-refractivity contribution in [3.05, 3.63) is 52.8 Å². The highest BCUT2D eigenvalue weighted by molar-refractivity contribution is 7.99. The van der Waals surface area contributed by atoms with Crippen molar-refractivity contribution in [2.75, 3.05) is 18.2 Å². The molecule has 1 aliphatic heterocycles. The lowest BCUT2D eigenvalue weighted by molar-refractivity contribution is 0.249. The summed E-state index contributed by atoms with van der Waals surface area (Å²) in [4.78, 5) is 13.2. The number of urea groups is 1. The van der Waals surface area contributed by atoms with Crippen LogP contribution in [0.2, 0.25) is 5.02 Å². The van der Waals surface area contributed by atoms with Crippen LogP contribution in [0.15, 0.2) is 41.3 Å². The average Bonchev–Trinajstić information content (AvgIpc) is 2.54. The van der Waals surface area contributed by atoms with E-state index in [4.69, 9.17) is 16.3 Å². The number of nitrogens with one attached hydrogen (secondary N) is 2. The molecule has 126 valence electrons. The smallest absolute Gasteiger partial charge is 0.319 e. The largest absolute Gasteiger partial charge is 0.495 e. The van der Waals surface area contributed by atoms with Gasteiger partial charge in [-0.15, -0.1) is 11.8 Å². The highest BCUT2D eigenvalue weighted by Crippen LogP contribution is 2.31. The van der Waals surface area contributed by atoms with Gasteiger partial charge in [-0.3, -0.25) is 0 Å². The van der Waals surface area contributed by atoms with E-state index in [1.807, 2.05) is 0 Å². The summed E-state index contributed by atoms with van der Waals surface area (Å²) in [6.07, 6.45) is 0.608. The number of carbonyl (C=O) groups excluding carboxylic acids is 1. The summed E-state index contributed by atoms with van der Waals surface area (Å²) in [5.41, 5.74) is 1.50. The number of benzene rings is 2. The fraction of sp³-hybridized carbons (Fsp3) is 0.235. The second kappa shape index (κ2) is 7.32. The van der Waals surface area contributed by atoms with Crippen molar-refractivity contribution in [1.29, 1.82) is 0 Å². The lowest BCUT2D eigenvalue weighted by Gasteiger charge is -2.25. The van der Waals surface area contributed by atoms with Gasteiger partial charge in [0.15, 0.2) is 0 Å². The molecule has 2 N–H and O–H groups in total. The lowest BCUT2D eigenvalue weighted by Crippen LogP contribution is -2.42. The third kappa shape index (κ3) is 3.94. The fourth-order valence-corrected chi connectivity index (χ4v) is 3.88. The van der Waals surface area contributed by atoms with E-state index in [1.54, 1.807) is 36.0 Å². The minimum absolute atomic E-state index is 0.0574. The van der Waals surface area contributed by atoms with Crippen LogP contribution in [-0.2, 0) is 6.42 Å². The molecule has 1 heterocycles. The van der Waals surface area contributed by atoms with Crippen molar-refractivity contribution in [2.24, 2.45) is 0 Å². The second-order valence-corrected chi connectivity index (χ2v) is 6.88. The SMILES string of the molecule is COc1ccc(NC(=O)NC2CSc3ccc(F)cc3C2)cc1Cl. The Morgan fingerprint density at radius 2 is 2.17 bits per heavy atom. The number of anilines is 1. The van der Waals surface area contributed by atoms with E-state index in [2.05, 4.69) is 10.6 Å². The van der Waals surface area contributed by atoms with Crippen molar-refractivity contribution in [1.82, 2.24) is 5.32 Å². The zero-order valence-corrected chi connectivity index (χ0v) is 14.5. The van der Waals surface area contributed by atoms with Crippen LogP contribution in [0, 0.1) is 5.82 Å². The van der Waals surface area contributed by atoms with Gasteiger partial charge in [0.25, 0.3) is 0 Å². The Bertz CT molecular complexity index is 772. The average molecular weight is 367 g/mol. The van der Waals surface area contributed by atoms with E-state index < -0.39 is 0 Å². The maximum Gasteiger partial charge on any atom is 0.319 e. The number of hydrogen-bond donors (Lipinski definition) is 2. The maximum absolute atomic E-state index is 13.3. The number of amides is 2. The molecule has 1 atom stereocenters. The van der Waals surface area contributed by atoms with Crippen LogP contribution in [0.5, 0.6) is 5.75 Å². The maximum atomic E-state index is 13.3. The van der Waals surface area contributed by atoms with Crippen molar-refractivity contribution in [3.63, 3.8) is 0 Å². The summed E-state index contributed by atoms with van der Waals surface area (Å²) in [5.74, 6) is 1.03. The van der Waals surface area contributed by atoms with Crippen LogP contribution in [0.3, 0.4) is 0 Å². The number of thioether (sulfide) groups is 1. The van der Waals surface area contributed by atoms with Gasteiger partial charge in [-0.1, -0.05) is 11.6 Å². The summed E-state index contributed by atoms with van der Waals surface area (Å²) in [6, 6.07) is 9.42. The van der Waals surface area contributed by atoms with Crippen molar-refractivity contribution in [3.8, 4) is 5.75 Å². The number of hydrogen-bond acceptors (Lipinski definition) is 3. The monoisotopic (exact) mass is 366 g/mol. The predicted molar refractivity (Wildman–Crippen MR) is 94.8 cm³/mol. The van der Waals surface area contributed by atoms with Crippen LogP contribution in [0.25, 0.3) is 0 Å². The number of ether oxygens (including phenoxy) is 1. The molecular weight excluding hydrogens is 351 g/mol. The Balaban J connectivity index is 1.60. The number of rotatable bonds is 3. The highest BCUT2D eigenvalue weighted by Gasteiger charge is 2.21. The van der Waals surface area contributed by atoms with Gasteiger partial charge in [-0.05, 0) is 48.4 Å². The quantitative estimate of drug-likeness (QED) is 0.850. The fourth-order valence-electron chi connectivity index (χ4n) is 2.55. The second-order valence-electron chi connectivity index (χ2n) is 5.41. The summed E-state index contributed by atoms with van der Waals surface area (Å²) >= 11 is 7.65. The molecule has 1 unspecified atom stereocenters. The molecule has 2 amide bonds. The minimum Gasteiger partial charge on any atom is -0.495 e. The van der Waals surface area contributed by atoms with Crippen molar-refractivity contribution >= 4 is 35.1 Å². The summed E-state index contributed by atoms with van der Waals surface area (Å²) in [7, 11) is 1.53. The molecule has 0 aromatic heterocycles. The first-order chi connectivity index (χ1) is 11.5. The number of fused-ring (bicyclic) bond motifs is 1. The topological polar surface area (TPSA) is 50.4 Å². The molecule has 3 rings (SSSR count). The molecule has 0 aliphatic carbocycles. The van der Waals surface area contributed by atoms with Crippen molar-refractivity contribution in [2.45, 2.75) is 17.4 Å². The van der Waals surface area contributed by atoms with Gasteiger partial charge in [0.2, 0.25) is 0 Å². The van der Waals surface area contributed by atoms with E-state index in [-0.39, 0.29) is 17.9 Å². The molecule has 1 aliphatic rings. The molecule has 0 bridgehead atoms. The molecule has 7 heteroatoms. The Kier molecular flexibility index (Phi) is 5.16. The molecule has 24 heavy (non-hydrogen) atoms. The van der Waals surface area contributed by atoms with Crippen LogP contribution >= 0.6 is 23.4 Å². The van der Waals surface area contributed by atoms with Crippen LogP contribution in [0.1, 0.15) is 5.56 Å². The molecule has 2 aromatic carbocycles. The van der Waals surface area contributed by atoms with E-state index in [1.165, 1.54) is 19.2 Å². The van der Waals surface area contributed by atoms with Gasteiger partial charge in [-0.25, -0.2) is 9.18 Å². The molecule has 0 spiro atoms. The molecule has 0 saturated heterocycles. The summed E-state index contributed by atoms with van der Waals surface area (Å²) in [6.45, 7) is 0. The zero-order valence-electron chi connectivity index (χ0n) is 12.9. The zero-order chi connectivity index (χ0) is 17.1. The molecule has 0 fully saturated rings. The van der Waals surface area contributed by atoms with Crippen LogP contribution < -0.4 is 15.4 Å². The Labute approximate surface area is 148 Å². The molecule has 4 nitrogen and oxygen atoms in total. The minimum atomic E-state index is -0.318. The van der Waals surface area contributed by atoms with E-state index in [0.717, 1.165) is 16.2 Å². The van der Waals surface area contributed by atoms with E-state index in [9.17, 15) is 9.18 Å². The standard InChI is InChI=1S/C17H16ClFN2O2S/c1-23-15-4-3-12(8-14(15)18)20-17(22)21-13-7-10-6-11(19)2-5-16(10)24-9-13/h2-6,8,13H,7,9H2,1H3,(H2,20,21,22). The Morgan fingerprint density at radius 1 is 1.33 bits per heavy atom. The summed E-state index contributed by atoms with van der Waals surface area (Å²) in [5, 5.41) is 6.08. The molecular formula is C17H16ClFN2O2S. The first-order valence-electron chi connectivity index (χ1n) is 7.37. The Morgan fingerprint density at radius 3 is 2.92 bits per heavy atom. The van der Waals surface area contributed by atoms with Crippen molar-refractivity contribution < 1.29 is 13.9 Å². The van der Waals surface area contributed by atoms with Gasteiger partial charge >= 0.3 is 6.03 Å². The first-order valence-corrected chi connectivity index (χ1v) is 8.74. The highest BCUT2D eigenvalue weighted by atomic mass is 35.5. The lowest BCUT2D eigenvalue weighted by atomic mass is 10.1. The van der Waals surface area contributed by atoms with Gasteiger partial charge in [0.1, 0.15) is 11.6 Å². The summed E-state index contributed by atoms with van der Waals surface area (Å²) < 4.78 is 18.4. The van der Waals surface area contributed by atoms with Crippen LogP contribution in [-0.4, -0.2) is 24.9 Å². The van der Waals surface area contributed by atoms with E-state index >= 15 is 0 Å².